The molecular formula is C14H21ClN4. The summed E-state index contributed by atoms with van der Waals surface area (Å²) < 4.78 is 2.05. The molecule has 0 unspecified atom stereocenters. The van der Waals surface area contributed by atoms with Gasteiger partial charge in [-0.3, -0.25) is 9.78 Å². The summed E-state index contributed by atoms with van der Waals surface area (Å²) in [5.41, 5.74) is 4.41. The minimum atomic E-state index is 0.503. The maximum atomic E-state index is 6.05. The van der Waals surface area contributed by atoms with Gasteiger partial charge in [0, 0.05) is 24.3 Å². The van der Waals surface area contributed by atoms with Gasteiger partial charge >= 0.3 is 0 Å². The van der Waals surface area contributed by atoms with Gasteiger partial charge < -0.3 is 5.32 Å². The molecule has 0 spiro atoms. The van der Waals surface area contributed by atoms with Gasteiger partial charge in [-0.2, -0.15) is 0 Å². The molecule has 3 rings (SSSR count). The highest BCUT2D eigenvalue weighted by Crippen LogP contribution is 2.30. The normalized spacial score (nSPS) is 17.2. The van der Waals surface area contributed by atoms with E-state index in [0.29, 0.717) is 11.9 Å². The first-order valence-electron chi connectivity index (χ1n) is 7.22. The molecule has 4 nitrogen and oxygen atoms in total. The third kappa shape index (κ3) is 2.34. The topological polar surface area (TPSA) is 45.6 Å². The minimum absolute atomic E-state index is 0.503. The van der Waals surface area contributed by atoms with Crippen molar-refractivity contribution in [1.82, 2.24) is 14.8 Å². The van der Waals surface area contributed by atoms with Crippen LogP contribution in [-0.4, -0.2) is 20.8 Å². The average Bonchev–Trinajstić information content (AvgIpc) is 2.42. The number of anilines is 1. The van der Waals surface area contributed by atoms with Crippen LogP contribution in [0.5, 0.6) is 0 Å². The summed E-state index contributed by atoms with van der Waals surface area (Å²) in [6.07, 6.45) is 8.45. The zero-order chi connectivity index (χ0) is 13.2. The zero-order valence-corrected chi connectivity index (χ0v) is 12.1. The zero-order valence-electron chi connectivity index (χ0n) is 11.4. The Morgan fingerprint density at radius 1 is 1.42 bits per heavy atom. The highest BCUT2D eigenvalue weighted by Gasteiger charge is 2.19. The maximum Gasteiger partial charge on any atom is 0.174 e. The summed E-state index contributed by atoms with van der Waals surface area (Å²) in [5.74, 6) is 0.503. The molecule has 0 amide bonds. The van der Waals surface area contributed by atoms with Gasteiger partial charge in [0.15, 0.2) is 5.65 Å². The number of nitrogens with one attached hydrogen (secondary N) is 2. The first kappa shape index (κ1) is 12.9. The molecule has 1 fully saturated rings. The van der Waals surface area contributed by atoms with Crippen LogP contribution >= 0.6 is 11.6 Å². The lowest BCUT2D eigenvalue weighted by Gasteiger charge is -2.27. The molecule has 2 aromatic rings. The largest absolute Gasteiger partial charge is 0.380 e. The quantitative estimate of drug-likeness (QED) is 0.835. The molecule has 1 aliphatic rings. The lowest BCUT2D eigenvalue weighted by Crippen LogP contribution is -2.24. The molecular weight excluding hydrogens is 260 g/mol. The van der Waals surface area contributed by atoms with Crippen LogP contribution in [0.3, 0.4) is 0 Å². The molecule has 0 radical (unpaired) electrons. The Morgan fingerprint density at radius 3 is 2.89 bits per heavy atom. The predicted octanol–water partition coefficient (Wildman–Crippen LogP) is 3.87. The molecule has 0 saturated heterocycles. The van der Waals surface area contributed by atoms with Gasteiger partial charge in [0.1, 0.15) is 5.52 Å². The molecule has 2 aromatic heterocycles. The van der Waals surface area contributed by atoms with Crippen molar-refractivity contribution in [2.45, 2.75) is 57.5 Å². The predicted molar refractivity (Wildman–Crippen MR) is 79.8 cm³/mol. The van der Waals surface area contributed by atoms with Crippen molar-refractivity contribution in [1.29, 1.82) is 0 Å². The van der Waals surface area contributed by atoms with E-state index in [4.69, 9.17) is 11.6 Å². The number of hydrogen-bond donors (Lipinski definition) is 2. The van der Waals surface area contributed by atoms with Crippen LogP contribution < -0.4 is 5.32 Å². The number of rotatable bonds is 4. The van der Waals surface area contributed by atoms with Crippen LogP contribution in [0.15, 0.2) is 6.20 Å². The summed E-state index contributed by atoms with van der Waals surface area (Å²) in [5, 5.41) is 7.05. The van der Waals surface area contributed by atoms with Crippen LogP contribution in [0.25, 0.3) is 11.2 Å². The second kappa shape index (κ2) is 5.45. The lowest BCUT2D eigenvalue weighted by atomic mass is 9.95. The third-order valence-corrected chi connectivity index (χ3v) is 4.34. The van der Waals surface area contributed by atoms with Crippen molar-refractivity contribution >= 4 is 28.5 Å². The summed E-state index contributed by atoms with van der Waals surface area (Å²) in [6, 6.07) is 0.583. The van der Waals surface area contributed by atoms with Crippen molar-refractivity contribution in [2.24, 2.45) is 0 Å². The molecule has 1 saturated carbocycles. The van der Waals surface area contributed by atoms with E-state index in [1.54, 1.807) is 0 Å². The van der Waals surface area contributed by atoms with Gasteiger partial charge in [-0.1, -0.05) is 19.3 Å². The SMILES string of the molecule is CCn1[nH]c2c(NC3CCCCC3)c(CCl)cnc21. The number of nitrogens with zero attached hydrogens (tertiary/aromatic N) is 2. The van der Waals surface area contributed by atoms with Crippen molar-refractivity contribution in [3.05, 3.63) is 11.8 Å². The van der Waals surface area contributed by atoms with Gasteiger partial charge in [0.25, 0.3) is 0 Å². The van der Waals surface area contributed by atoms with Crippen molar-refractivity contribution in [2.75, 3.05) is 5.32 Å². The third-order valence-electron chi connectivity index (χ3n) is 4.05. The number of aryl methyl sites for hydroxylation is 1. The number of halogens is 1. The molecule has 2 N–H and O–H groups in total. The molecule has 0 atom stereocenters. The number of H-pyrrole nitrogens is 1. The monoisotopic (exact) mass is 280 g/mol. The van der Waals surface area contributed by atoms with Crippen LogP contribution in [0.4, 0.5) is 5.69 Å². The molecule has 1 aliphatic carbocycles. The van der Waals surface area contributed by atoms with E-state index in [1.165, 1.54) is 32.1 Å². The Hall–Kier alpha value is -1.16. The van der Waals surface area contributed by atoms with Crippen molar-refractivity contribution in [3.8, 4) is 0 Å². The molecule has 0 aromatic carbocycles. The number of pyridine rings is 1. The van der Waals surface area contributed by atoms with E-state index in [9.17, 15) is 0 Å². The molecule has 104 valence electrons. The molecule has 19 heavy (non-hydrogen) atoms. The fourth-order valence-electron chi connectivity index (χ4n) is 2.93. The van der Waals surface area contributed by atoms with Crippen LogP contribution in [-0.2, 0) is 12.4 Å². The van der Waals surface area contributed by atoms with E-state index < -0.39 is 0 Å². The molecule has 5 heteroatoms. The van der Waals surface area contributed by atoms with Crippen LogP contribution in [0, 0.1) is 0 Å². The number of aromatic amines is 1. The summed E-state index contributed by atoms with van der Waals surface area (Å²) >= 11 is 6.05. The van der Waals surface area contributed by atoms with E-state index >= 15 is 0 Å². The van der Waals surface area contributed by atoms with Gasteiger partial charge in [-0.25, -0.2) is 4.98 Å². The summed E-state index contributed by atoms with van der Waals surface area (Å²) in [4.78, 5) is 4.48. The Balaban J connectivity index is 1.90. The second-order valence-electron chi connectivity index (χ2n) is 5.33. The smallest absolute Gasteiger partial charge is 0.174 e. The van der Waals surface area contributed by atoms with E-state index in [1.807, 2.05) is 6.20 Å². The average molecular weight is 281 g/mol. The van der Waals surface area contributed by atoms with Crippen molar-refractivity contribution < 1.29 is 0 Å². The molecule has 0 aliphatic heterocycles. The maximum absolute atomic E-state index is 6.05. The number of hydrogen-bond acceptors (Lipinski definition) is 2. The van der Waals surface area contributed by atoms with Crippen LogP contribution in [0.1, 0.15) is 44.6 Å². The minimum Gasteiger partial charge on any atom is -0.380 e. The van der Waals surface area contributed by atoms with Gasteiger partial charge in [0.05, 0.1) is 11.6 Å². The van der Waals surface area contributed by atoms with E-state index in [-0.39, 0.29) is 0 Å². The van der Waals surface area contributed by atoms with Crippen LogP contribution in [0.2, 0.25) is 0 Å². The number of aromatic nitrogens is 3. The van der Waals surface area contributed by atoms with Crippen molar-refractivity contribution in [3.63, 3.8) is 0 Å². The summed E-state index contributed by atoms with van der Waals surface area (Å²) in [7, 11) is 0. The fraction of sp³-hybridized carbons (Fsp3) is 0.643. The first-order valence-corrected chi connectivity index (χ1v) is 7.75. The Kier molecular flexibility index (Phi) is 3.69. The van der Waals surface area contributed by atoms with Gasteiger partial charge in [0.2, 0.25) is 0 Å². The van der Waals surface area contributed by atoms with E-state index in [2.05, 4.69) is 27.0 Å². The second-order valence-corrected chi connectivity index (χ2v) is 5.59. The van der Waals surface area contributed by atoms with Gasteiger partial charge in [-0.05, 0) is 19.8 Å². The standard InChI is InChI=1S/C14H21ClN4/c1-2-19-14-13(18-19)12(10(8-15)9-16-14)17-11-6-4-3-5-7-11/h9,11,18H,2-8H2,1H3,(H,16,17). The van der Waals surface area contributed by atoms with E-state index in [0.717, 1.165) is 29.0 Å². The highest BCUT2D eigenvalue weighted by molar-refractivity contribution is 6.17. The molecule has 2 heterocycles. The summed E-state index contributed by atoms with van der Waals surface area (Å²) in [6.45, 7) is 3.03. The molecule has 0 bridgehead atoms. The first-order chi connectivity index (χ1) is 9.33. The fourth-order valence-corrected chi connectivity index (χ4v) is 3.13. The lowest BCUT2D eigenvalue weighted by molar-refractivity contribution is 0.462. The Labute approximate surface area is 118 Å². The highest BCUT2D eigenvalue weighted by atomic mass is 35.5. The Bertz CT molecular complexity index is 551. The Morgan fingerprint density at radius 2 is 2.21 bits per heavy atom. The number of alkyl halides is 1. The number of fused-ring (bicyclic) bond motifs is 1. The van der Waals surface area contributed by atoms with Gasteiger partial charge in [-0.15, -0.1) is 11.6 Å².